The van der Waals surface area contributed by atoms with Gasteiger partial charge in [0, 0.05) is 12.1 Å². The van der Waals surface area contributed by atoms with E-state index in [2.05, 4.69) is 24.1 Å². The second-order valence-electron chi connectivity index (χ2n) is 7.20. The molecule has 0 aliphatic rings. The molecule has 0 aliphatic heterocycles. The van der Waals surface area contributed by atoms with Crippen molar-refractivity contribution in [3.05, 3.63) is 89.9 Å². The minimum atomic E-state index is -3.58. The molecule has 0 saturated heterocycles. The van der Waals surface area contributed by atoms with E-state index in [-0.39, 0.29) is 22.5 Å². The monoisotopic (exact) mass is 440 g/mol. The van der Waals surface area contributed by atoms with Gasteiger partial charge in [-0.25, -0.2) is 8.42 Å². The van der Waals surface area contributed by atoms with Crippen LogP contribution in [0.2, 0.25) is 0 Å². The van der Waals surface area contributed by atoms with Crippen molar-refractivity contribution in [3.8, 4) is 0 Å². The van der Waals surface area contributed by atoms with Crippen LogP contribution in [0.15, 0.2) is 82.3 Å². The highest BCUT2D eigenvalue weighted by Gasteiger charge is 2.24. The minimum Gasteiger partial charge on any atom is -0.459 e. The SMILES string of the molecule is CCN(CC)C(CNC(=O)c1occc1CS(=O)(=O)c1ccccc1)c1ccccc1. The second kappa shape index (κ2) is 10.4. The predicted octanol–water partition coefficient (Wildman–Crippen LogP) is 4.07. The van der Waals surface area contributed by atoms with Crippen molar-refractivity contribution >= 4 is 15.7 Å². The summed E-state index contributed by atoms with van der Waals surface area (Å²) in [5, 5.41) is 2.93. The number of carbonyl (C=O) groups is 1. The second-order valence-corrected chi connectivity index (χ2v) is 9.19. The fourth-order valence-corrected chi connectivity index (χ4v) is 5.01. The summed E-state index contributed by atoms with van der Waals surface area (Å²) in [4.78, 5) is 15.3. The standard InChI is InChI=1S/C24H28N2O4S/c1-3-26(4-2)22(19-11-7-5-8-12-19)17-25-24(27)23-20(15-16-30-23)18-31(28,29)21-13-9-6-10-14-21/h5-16,22H,3-4,17-18H2,1-2H3,(H,25,27). The maximum atomic E-state index is 12.9. The first kappa shape index (κ1) is 22.8. The molecule has 2 aromatic carbocycles. The molecular formula is C24H28N2O4S. The summed E-state index contributed by atoms with van der Waals surface area (Å²) in [6.45, 7) is 6.23. The Kier molecular flexibility index (Phi) is 7.65. The number of nitrogens with zero attached hydrogens (tertiary/aromatic N) is 1. The molecule has 1 unspecified atom stereocenters. The highest BCUT2D eigenvalue weighted by atomic mass is 32.2. The van der Waals surface area contributed by atoms with Gasteiger partial charge >= 0.3 is 0 Å². The van der Waals surface area contributed by atoms with E-state index >= 15 is 0 Å². The maximum absolute atomic E-state index is 12.9. The molecule has 6 nitrogen and oxygen atoms in total. The molecule has 1 heterocycles. The number of hydrogen-bond acceptors (Lipinski definition) is 5. The van der Waals surface area contributed by atoms with Crippen molar-refractivity contribution in [3.63, 3.8) is 0 Å². The number of hydrogen-bond donors (Lipinski definition) is 1. The molecule has 0 bridgehead atoms. The van der Waals surface area contributed by atoms with Crippen LogP contribution in [0.25, 0.3) is 0 Å². The zero-order chi connectivity index (χ0) is 22.3. The number of carbonyl (C=O) groups excluding carboxylic acids is 1. The van der Waals surface area contributed by atoms with Crippen LogP contribution in [-0.2, 0) is 15.6 Å². The average molecular weight is 441 g/mol. The van der Waals surface area contributed by atoms with E-state index in [1.165, 1.54) is 12.3 Å². The van der Waals surface area contributed by atoms with E-state index in [1.807, 2.05) is 30.3 Å². The zero-order valence-electron chi connectivity index (χ0n) is 17.8. The van der Waals surface area contributed by atoms with Gasteiger partial charge in [0.25, 0.3) is 5.91 Å². The highest BCUT2D eigenvalue weighted by Crippen LogP contribution is 2.22. The van der Waals surface area contributed by atoms with Gasteiger partial charge in [-0.3, -0.25) is 9.69 Å². The van der Waals surface area contributed by atoms with Gasteiger partial charge in [-0.2, -0.15) is 0 Å². The summed E-state index contributed by atoms with van der Waals surface area (Å²) >= 11 is 0. The lowest BCUT2D eigenvalue weighted by atomic mass is 10.0. The maximum Gasteiger partial charge on any atom is 0.287 e. The van der Waals surface area contributed by atoms with Gasteiger partial charge in [0.15, 0.2) is 15.6 Å². The third-order valence-electron chi connectivity index (χ3n) is 5.29. The van der Waals surface area contributed by atoms with Gasteiger partial charge in [0.2, 0.25) is 0 Å². The molecule has 3 rings (SSSR count). The van der Waals surface area contributed by atoms with Gasteiger partial charge in [0.05, 0.1) is 23.0 Å². The third kappa shape index (κ3) is 5.62. The number of furan rings is 1. The smallest absolute Gasteiger partial charge is 0.287 e. The molecule has 1 N–H and O–H groups in total. The van der Waals surface area contributed by atoms with E-state index in [4.69, 9.17) is 4.42 Å². The lowest BCUT2D eigenvalue weighted by Gasteiger charge is -2.30. The van der Waals surface area contributed by atoms with E-state index in [0.717, 1.165) is 18.7 Å². The van der Waals surface area contributed by atoms with E-state index < -0.39 is 15.7 Å². The number of sulfone groups is 1. The molecule has 3 aromatic rings. The molecule has 1 amide bonds. The summed E-state index contributed by atoms with van der Waals surface area (Å²) in [7, 11) is -3.58. The first-order valence-corrected chi connectivity index (χ1v) is 12.0. The van der Waals surface area contributed by atoms with Crippen molar-refractivity contribution in [1.29, 1.82) is 0 Å². The van der Waals surface area contributed by atoms with Gasteiger partial charge in [0.1, 0.15) is 0 Å². The van der Waals surface area contributed by atoms with Crippen LogP contribution in [0.4, 0.5) is 0 Å². The molecule has 7 heteroatoms. The van der Waals surface area contributed by atoms with Crippen molar-refractivity contribution in [2.75, 3.05) is 19.6 Å². The Bertz CT molecular complexity index is 1080. The van der Waals surface area contributed by atoms with Crippen LogP contribution < -0.4 is 5.32 Å². The molecular weight excluding hydrogens is 412 g/mol. The quantitative estimate of drug-likeness (QED) is 0.514. The van der Waals surface area contributed by atoms with Crippen LogP contribution in [-0.4, -0.2) is 38.9 Å². The van der Waals surface area contributed by atoms with Crippen LogP contribution in [0, 0.1) is 0 Å². The topological polar surface area (TPSA) is 79.6 Å². The van der Waals surface area contributed by atoms with Crippen LogP contribution in [0.1, 0.15) is 41.6 Å². The summed E-state index contributed by atoms with van der Waals surface area (Å²) in [6, 6.07) is 19.7. The lowest BCUT2D eigenvalue weighted by molar-refractivity contribution is 0.0906. The van der Waals surface area contributed by atoms with Crippen molar-refractivity contribution in [1.82, 2.24) is 10.2 Å². The van der Waals surface area contributed by atoms with Crippen molar-refractivity contribution < 1.29 is 17.6 Å². The summed E-state index contributed by atoms with van der Waals surface area (Å²) in [6.07, 6.45) is 1.35. The Morgan fingerprint density at radius 2 is 1.58 bits per heavy atom. The predicted molar refractivity (Wildman–Crippen MR) is 120 cm³/mol. The number of amides is 1. The molecule has 0 fully saturated rings. The fraction of sp³-hybridized carbons (Fsp3) is 0.292. The fourth-order valence-electron chi connectivity index (χ4n) is 3.63. The molecule has 0 saturated carbocycles. The van der Waals surface area contributed by atoms with Crippen LogP contribution in [0.3, 0.4) is 0 Å². The Labute approximate surface area is 183 Å². The Morgan fingerprint density at radius 1 is 0.968 bits per heavy atom. The first-order valence-electron chi connectivity index (χ1n) is 10.4. The largest absolute Gasteiger partial charge is 0.459 e. The molecule has 0 aliphatic carbocycles. The minimum absolute atomic E-state index is 0.00612. The Morgan fingerprint density at radius 3 is 2.19 bits per heavy atom. The highest BCUT2D eigenvalue weighted by molar-refractivity contribution is 7.90. The number of rotatable bonds is 10. The van der Waals surface area contributed by atoms with Gasteiger partial charge in [-0.05, 0) is 36.9 Å². The van der Waals surface area contributed by atoms with E-state index in [9.17, 15) is 13.2 Å². The first-order chi connectivity index (χ1) is 15.0. The van der Waals surface area contributed by atoms with Crippen molar-refractivity contribution in [2.45, 2.75) is 30.5 Å². The van der Waals surface area contributed by atoms with Crippen LogP contribution in [0.5, 0.6) is 0 Å². The number of benzene rings is 2. The van der Waals surface area contributed by atoms with Gasteiger partial charge in [-0.1, -0.05) is 62.4 Å². The Hall–Kier alpha value is -2.90. The molecule has 164 valence electrons. The normalized spacial score (nSPS) is 12.6. The molecule has 1 atom stereocenters. The van der Waals surface area contributed by atoms with Crippen LogP contribution >= 0.6 is 0 Å². The summed E-state index contributed by atoms with van der Waals surface area (Å²) < 4.78 is 30.8. The average Bonchev–Trinajstić information content (AvgIpc) is 3.25. The Balaban J connectivity index is 1.75. The van der Waals surface area contributed by atoms with E-state index in [0.29, 0.717) is 12.1 Å². The van der Waals surface area contributed by atoms with Gasteiger partial charge < -0.3 is 9.73 Å². The van der Waals surface area contributed by atoms with E-state index in [1.54, 1.807) is 30.3 Å². The molecule has 1 aromatic heterocycles. The number of nitrogens with one attached hydrogen (secondary N) is 1. The summed E-state index contributed by atoms with van der Waals surface area (Å²) in [5.74, 6) is -0.684. The zero-order valence-corrected chi connectivity index (χ0v) is 18.6. The molecule has 31 heavy (non-hydrogen) atoms. The van der Waals surface area contributed by atoms with Crippen molar-refractivity contribution in [2.24, 2.45) is 0 Å². The van der Waals surface area contributed by atoms with Gasteiger partial charge in [-0.15, -0.1) is 0 Å². The third-order valence-corrected chi connectivity index (χ3v) is 6.98. The number of likely N-dealkylation sites (N-methyl/N-ethyl adjacent to an activating group) is 1. The summed E-state index contributed by atoms with van der Waals surface area (Å²) in [5.41, 5.74) is 1.46. The molecule has 0 spiro atoms. The molecule has 0 radical (unpaired) electrons. The lowest BCUT2D eigenvalue weighted by Crippen LogP contribution is -2.38.